The zero-order valence-electron chi connectivity index (χ0n) is 18.6. The van der Waals surface area contributed by atoms with E-state index in [9.17, 15) is 14.0 Å². The van der Waals surface area contributed by atoms with Crippen molar-refractivity contribution in [3.05, 3.63) is 100 Å². The highest BCUT2D eigenvalue weighted by atomic mass is 19.1. The molecular formula is C27H25FN2O2. The first-order valence-electron chi connectivity index (χ1n) is 10.6. The minimum absolute atomic E-state index is 0.180. The van der Waals surface area contributed by atoms with E-state index in [4.69, 9.17) is 0 Å². The van der Waals surface area contributed by atoms with Crippen LogP contribution < -0.4 is 10.2 Å². The number of carbonyl (C=O) groups is 2. The van der Waals surface area contributed by atoms with Crippen LogP contribution in [-0.4, -0.2) is 11.8 Å². The third kappa shape index (κ3) is 4.06. The van der Waals surface area contributed by atoms with Crippen molar-refractivity contribution in [2.24, 2.45) is 0 Å². The number of anilines is 2. The first-order chi connectivity index (χ1) is 15.2. The number of nitrogens with one attached hydrogen (secondary N) is 1. The molecule has 0 aliphatic carbocycles. The van der Waals surface area contributed by atoms with Crippen molar-refractivity contribution in [2.45, 2.75) is 33.6 Å². The van der Waals surface area contributed by atoms with Gasteiger partial charge in [-0.25, -0.2) is 9.29 Å². The molecule has 1 aliphatic rings. The van der Waals surface area contributed by atoms with E-state index in [-0.39, 0.29) is 11.3 Å². The van der Waals surface area contributed by atoms with Crippen molar-refractivity contribution in [3.63, 3.8) is 0 Å². The third-order valence-corrected chi connectivity index (χ3v) is 5.53. The van der Waals surface area contributed by atoms with Crippen molar-refractivity contribution in [1.82, 2.24) is 0 Å². The summed E-state index contributed by atoms with van der Waals surface area (Å²) < 4.78 is 13.5. The van der Waals surface area contributed by atoms with Gasteiger partial charge in [0.15, 0.2) is 0 Å². The van der Waals surface area contributed by atoms with E-state index >= 15 is 0 Å². The number of imide groups is 1. The summed E-state index contributed by atoms with van der Waals surface area (Å²) in [5.41, 5.74) is 5.30. The fraction of sp³-hybridized carbons (Fsp3) is 0.185. The lowest BCUT2D eigenvalue weighted by Crippen LogP contribution is -2.32. The first-order valence-corrected chi connectivity index (χ1v) is 10.6. The maximum absolute atomic E-state index is 13.5. The molecule has 0 bridgehead atoms. The molecule has 1 aliphatic heterocycles. The molecule has 32 heavy (non-hydrogen) atoms. The van der Waals surface area contributed by atoms with Crippen LogP contribution in [0.5, 0.6) is 0 Å². The Morgan fingerprint density at radius 1 is 0.812 bits per heavy atom. The van der Waals surface area contributed by atoms with Crippen molar-refractivity contribution in [1.29, 1.82) is 0 Å². The number of hydrogen-bond acceptors (Lipinski definition) is 3. The summed E-state index contributed by atoms with van der Waals surface area (Å²) in [5.74, 6) is -0.948. The summed E-state index contributed by atoms with van der Waals surface area (Å²) in [4.78, 5) is 28.1. The summed E-state index contributed by atoms with van der Waals surface area (Å²) in [7, 11) is 0. The van der Waals surface area contributed by atoms with Crippen LogP contribution in [0.15, 0.2) is 72.4 Å². The number of benzene rings is 3. The fourth-order valence-corrected chi connectivity index (χ4v) is 3.96. The maximum atomic E-state index is 13.5. The fourth-order valence-electron chi connectivity index (χ4n) is 3.96. The zero-order chi connectivity index (χ0) is 23.0. The van der Waals surface area contributed by atoms with E-state index in [1.54, 1.807) is 12.1 Å². The lowest BCUT2D eigenvalue weighted by Gasteiger charge is -2.17. The van der Waals surface area contributed by atoms with Crippen LogP contribution in [0.3, 0.4) is 0 Å². The van der Waals surface area contributed by atoms with Gasteiger partial charge < -0.3 is 5.32 Å². The number of amides is 2. The molecule has 0 atom stereocenters. The van der Waals surface area contributed by atoms with Crippen molar-refractivity contribution < 1.29 is 14.0 Å². The molecule has 2 amide bonds. The van der Waals surface area contributed by atoms with Crippen LogP contribution in [0.25, 0.3) is 5.57 Å². The van der Waals surface area contributed by atoms with Crippen molar-refractivity contribution in [3.8, 4) is 0 Å². The number of hydrogen-bond donors (Lipinski definition) is 1. The Hall–Kier alpha value is -3.73. The van der Waals surface area contributed by atoms with E-state index in [1.807, 2.05) is 44.2 Å². The van der Waals surface area contributed by atoms with Gasteiger partial charge in [0.05, 0.1) is 11.3 Å². The van der Waals surface area contributed by atoms with E-state index in [0.717, 1.165) is 22.4 Å². The van der Waals surface area contributed by atoms with E-state index < -0.39 is 17.6 Å². The van der Waals surface area contributed by atoms with Crippen LogP contribution in [0.4, 0.5) is 15.8 Å². The van der Waals surface area contributed by atoms with Gasteiger partial charge >= 0.3 is 0 Å². The van der Waals surface area contributed by atoms with E-state index in [2.05, 4.69) is 19.2 Å². The van der Waals surface area contributed by atoms with Crippen LogP contribution in [0.2, 0.25) is 0 Å². The van der Waals surface area contributed by atoms with Crippen molar-refractivity contribution >= 4 is 28.8 Å². The van der Waals surface area contributed by atoms with Gasteiger partial charge in [-0.05, 0) is 78.4 Å². The van der Waals surface area contributed by atoms with Gasteiger partial charge in [0.2, 0.25) is 0 Å². The zero-order valence-corrected chi connectivity index (χ0v) is 18.6. The Morgan fingerprint density at radius 3 is 1.97 bits per heavy atom. The summed E-state index contributed by atoms with van der Waals surface area (Å²) in [5, 5.41) is 3.17. The highest BCUT2D eigenvalue weighted by Crippen LogP contribution is 2.34. The van der Waals surface area contributed by atoms with Crippen LogP contribution in [0, 0.1) is 19.7 Å². The number of halogens is 1. The molecule has 1 heterocycles. The summed E-state index contributed by atoms with van der Waals surface area (Å²) >= 11 is 0. The topological polar surface area (TPSA) is 49.4 Å². The molecule has 0 aromatic heterocycles. The second-order valence-electron chi connectivity index (χ2n) is 8.45. The predicted octanol–water partition coefficient (Wildman–Crippen LogP) is 5.96. The van der Waals surface area contributed by atoms with Gasteiger partial charge in [0.1, 0.15) is 11.5 Å². The Labute approximate surface area is 187 Å². The molecule has 4 nitrogen and oxygen atoms in total. The second kappa shape index (κ2) is 8.42. The minimum Gasteiger partial charge on any atom is -0.350 e. The SMILES string of the molecule is Cc1cc(C)cc(NC2=C(c3ccc(F)cc3)C(=O)N(c3ccc(C(C)C)cc3)C2=O)c1. The molecule has 3 aromatic rings. The molecule has 1 N–H and O–H groups in total. The Morgan fingerprint density at radius 2 is 1.41 bits per heavy atom. The Bertz CT molecular complexity index is 1210. The van der Waals surface area contributed by atoms with Crippen LogP contribution in [0.1, 0.15) is 42.0 Å². The van der Waals surface area contributed by atoms with Gasteiger partial charge in [-0.2, -0.15) is 0 Å². The molecule has 0 fully saturated rings. The standard InChI is InChI=1S/C27H25FN2O2/c1-16(2)19-7-11-23(12-8-19)30-26(31)24(20-5-9-21(28)10-6-20)25(27(30)32)29-22-14-17(3)13-18(4)15-22/h5-16,29H,1-4H3. The number of carbonyl (C=O) groups excluding carboxylic acids is 2. The molecular weight excluding hydrogens is 403 g/mol. The average Bonchev–Trinajstić information content (AvgIpc) is 2.97. The number of nitrogens with zero attached hydrogens (tertiary/aromatic N) is 1. The van der Waals surface area contributed by atoms with Crippen LogP contribution >= 0.6 is 0 Å². The van der Waals surface area contributed by atoms with Crippen LogP contribution in [-0.2, 0) is 9.59 Å². The predicted molar refractivity (Wildman–Crippen MR) is 126 cm³/mol. The second-order valence-corrected chi connectivity index (χ2v) is 8.45. The maximum Gasteiger partial charge on any atom is 0.282 e. The first kappa shape index (κ1) is 21.5. The van der Waals surface area contributed by atoms with E-state index in [1.165, 1.54) is 29.2 Å². The Kier molecular flexibility index (Phi) is 5.66. The quantitative estimate of drug-likeness (QED) is 0.510. The molecule has 5 heteroatoms. The van der Waals surface area contributed by atoms with Crippen molar-refractivity contribution in [2.75, 3.05) is 10.2 Å². The molecule has 0 unspecified atom stereocenters. The molecule has 0 spiro atoms. The third-order valence-electron chi connectivity index (χ3n) is 5.53. The van der Waals surface area contributed by atoms with E-state index in [0.29, 0.717) is 17.2 Å². The average molecular weight is 429 g/mol. The van der Waals surface area contributed by atoms with Gasteiger partial charge in [-0.15, -0.1) is 0 Å². The molecule has 4 rings (SSSR count). The lowest BCUT2D eigenvalue weighted by atomic mass is 10.0. The molecule has 162 valence electrons. The van der Waals surface area contributed by atoms with Gasteiger partial charge in [-0.3, -0.25) is 9.59 Å². The largest absolute Gasteiger partial charge is 0.350 e. The normalized spacial score (nSPS) is 14.0. The monoisotopic (exact) mass is 428 g/mol. The van der Waals surface area contributed by atoms with Gasteiger partial charge in [0.25, 0.3) is 11.8 Å². The molecule has 0 saturated carbocycles. The van der Waals surface area contributed by atoms with Gasteiger partial charge in [-0.1, -0.05) is 44.2 Å². The summed E-state index contributed by atoms with van der Waals surface area (Å²) in [6.45, 7) is 8.11. The van der Waals surface area contributed by atoms with Gasteiger partial charge in [0, 0.05) is 5.69 Å². The summed E-state index contributed by atoms with van der Waals surface area (Å²) in [6.07, 6.45) is 0. The molecule has 3 aromatic carbocycles. The minimum atomic E-state index is -0.439. The number of rotatable bonds is 5. The highest BCUT2D eigenvalue weighted by molar-refractivity contribution is 6.46. The lowest BCUT2D eigenvalue weighted by molar-refractivity contribution is -0.120. The molecule has 0 radical (unpaired) electrons. The smallest absolute Gasteiger partial charge is 0.282 e. The Balaban J connectivity index is 1.80. The highest BCUT2D eigenvalue weighted by Gasteiger charge is 2.40. The molecule has 0 saturated heterocycles. The summed E-state index contributed by atoms with van der Waals surface area (Å²) in [6, 6.07) is 18.9. The number of aryl methyl sites for hydroxylation is 2.